The normalized spacial score (nSPS) is 19.6. The summed E-state index contributed by atoms with van der Waals surface area (Å²) < 4.78 is 5.18. The van der Waals surface area contributed by atoms with Crippen LogP contribution in [0.2, 0.25) is 0 Å². The van der Waals surface area contributed by atoms with E-state index in [0.29, 0.717) is 11.6 Å². The van der Waals surface area contributed by atoms with Gasteiger partial charge in [-0.1, -0.05) is 0 Å². The number of nitrogens with two attached hydrogens (primary N) is 1. The van der Waals surface area contributed by atoms with Gasteiger partial charge in [-0.3, -0.25) is 10.4 Å². The molecule has 5 nitrogen and oxygen atoms in total. The van der Waals surface area contributed by atoms with E-state index in [-0.39, 0.29) is 5.84 Å². The predicted octanol–water partition coefficient (Wildman–Crippen LogP) is 0.838. The van der Waals surface area contributed by atoms with E-state index in [1.54, 1.807) is 13.3 Å². The highest BCUT2D eigenvalue weighted by atomic mass is 16.5. The summed E-state index contributed by atoms with van der Waals surface area (Å²) in [5, 5.41) is 7.39. The third-order valence-corrected chi connectivity index (χ3v) is 3.07. The van der Waals surface area contributed by atoms with Crippen LogP contribution in [-0.2, 0) is 4.74 Å². The molecule has 0 aromatic carbocycles. The Balaban J connectivity index is 2.08. The van der Waals surface area contributed by atoms with Gasteiger partial charge in [0.2, 0.25) is 0 Å². The van der Waals surface area contributed by atoms with Crippen LogP contribution in [0.4, 0.5) is 5.69 Å². The van der Waals surface area contributed by atoms with Crippen molar-refractivity contribution in [3.63, 3.8) is 0 Å². The van der Waals surface area contributed by atoms with Gasteiger partial charge in [0, 0.05) is 38.0 Å². The zero-order valence-corrected chi connectivity index (χ0v) is 10.0. The quantitative estimate of drug-likeness (QED) is 0.598. The van der Waals surface area contributed by atoms with Crippen LogP contribution in [0.1, 0.15) is 12.1 Å². The first-order valence-electron chi connectivity index (χ1n) is 5.75. The van der Waals surface area contributed by atoms with Gasteiger partial charge < -0.3 is 15.4 Å². The Morgan fingerprint density at radius 3 is 3.24 bits per heavy atom. The molecule has 0 bridgehead atoms. The number of nitrogen functional groups attached to an aromatic ring is 1. The van der Waals surface area contributed by atoms with Gasteiger partial charge in [-0.25, -0.2) is 0 Å². The molecule has 3 N–H and O–H groups in total. The SMILES string of the molecule is COCC1CCN(c2ccnc(C(=N)N)c2)C1. The van der Waals surface area contributed by atoms with Crippen LogP contribution in [0.25, 0.3) is 0 Å². The number of aromatic nitrogens is 1. The Morgan fingerprint density at radius 1 is 1.71 bits per heavy atom. The molecular formula is C12H18N4O. The van der Waals surface area contributed by atoms with E-state index >= 15 is 0 Å². The Labute approximate surface area is 101 Å². The van der Waals surface area contributed by atoms with Gasteiger partial charge in [-0.05, 0) is 18.6 Å². The van der Waals surface area contributed by atoms with Crippen molar-refractivity contribution < 1.29 is 4.74 Å². The Kier molecular flexibility index (Phi) is 3.58. The van der Waals surface area contributed by atoms with E-state index in [9.17, 15) is 0 Å². The molecule has 1 aromatic heterocycles. The summed E-state index contributed by atoms with van der Waals surface area (Å²) in [6.07, 6.45) is 2.85. The fourth-order valence-electron chi connectivity index (χ4n) is 2.20. The molecule has 5 heteroatoms. The minimum atomic E-state index is 0.0134. The third kappa shape index (κ3) is 2.74. The number of rotatable bonds is 4. The summed E-state index contributed by atoms with van der Waals surface area (Å²) in [6, 6.07) is 3.83. The van der Waals surface area contributed by atoms with Crippen LogP contribution in [0, 0.1) is 11.3 Å². The molecule has 0 amide bonds. The zero-order chi connectivity index (χ0) is 12.3. The van der Waals surface area contributed by atoms with Crippen molar-refractivity contribution in [1.82, 2.24) is 4.98 Å². The molecule has 1 aliphatic heterocycles. The molecule has 2 heterocycles. The molecule has 0 radical (unpaired) electrons. The fraction of sp³-hybridized carbons (Fsp3) is 0.500. The molecule has 0 aliphatic carbocycles. The van der Waals surface area contributed by atoms with Crippen LogP contribution in [-0.4, -0.2) is 37.6 Å². The maximum absolute atomic E-state index is 7.39. The molecule has 92 valence electrons. The first kappa shape index (κ1) is 11.9. The molecule has 17 heavy (non-hydrogen) atoms. The third-order valence-electron chi connectivity index (χ3n) is 3.07. The minimum absolute atomic E-state index is 0.0134. The Bertz CT molecular complexity index is 407. The van der Waals surface area contributed by atoms with Gasteiger partial charge in [0.1, 0.15) is 11.5 Å². The average Bonchev–Trinajstić information content (AvgIpc) is 2.78. The lowest BCUT2D eigenvalue weighted by Gasteiger charge is -2.19. The number of hydrogen-bond donors (Lipinski definition) is 2. The van der Waals surface area contributed by atoms with Crippen molar-refractivity contribution in [2.24, 2.45) is 11.7 Å². The van der Waals surface area contributed by atoms with Crippen LogP contribution < -0.4 is 10.6 Å². The first-order chi connectivity index (χ1) is 8.20. The van der Waals surface area contributed by atoms with E-state index in [1.165, 1.54) is 0 Å². The zero-order valence-electron chi connectivity index (χ0n) is 10.0. The van der Waals surface area contributed by atoms with Crippen molar-refractivity contribution in [2.45, 2.75) is 6.42 Å². The van der Waals surface area contributed by atoms with Crippen molar-refractivity contribution in [3.8, 4) is 0 Å². The highest BCUT2D eigenvalue weighted by Gasteiger charge is 2.22. The number of methoxy groups -OCH3 is 1. The number of pyridine rings is 1. The van der Waals surface area contributed by atoms with Crippen molar-refractivity contribution in [2.75, 3.05) is 31.7 Å². The molecule has 0 spiro atoms. The summed E-state index contributed by atoms with van der Waals surface area (Å²) in [6.45, 7) is 2.83. The first-order valence-corrected chi connectivity index (χ1v) is 5.75. The molecular weight excluding hydrogens is 216 g/mol. The molecule has 1 aliphatic rings. The molecule has 1 unspecified atom stereocenters. The Hall–Kier alpha value is -1.62. The van der Waals surface area contributed by atoms with E-state index < -0.39 is 0 Å². The number of nitrogens with one attached hydrogen (secondary N) is 1. The summed E-state index contributed by atoms with van der Waals surface area (Å²) in [5.74, 6) is 0.605. The number of hydrogen-bond acceptors (Lipinski definition) is 4. The second-order valence-corrected chi connectivity index (χ2v) is 4.37. The van der Waals surface area contributed by atoms with Gasteiger partial charge >= 0.3 is 0 Å². The molecule has 2 rings (SSSR count). The lowest BCUT2D eigenvalue weighted by Crippen LogP contribution is -2.22. The molecule has 1 fully saturated rings. The summed E-state index contributed by atoms with van der Waals surface area (Å²) in [4.78, 5) is 6.35. The lowest BCUT2D eigenvalue weighted by molar-refractivity contribution is 0.161. The fourth-order valence-corrected chi connectivity index (χ4v) is 2.20. The van der Waals surface area contributed by atoms with Gasteiger partial charge in [-0.2, -0.15) is 0 Å². The minimum Gasteiger partial charge on any atom is -0.384 e. The smallest absolute Gasteiger partial charge is 0.141 e. The highest BCUT2D eigenvalue weighted by molar-refractivity contribution is 5.93. The summed E-state index contributed by atoms with van der Waals surface area (Å²) >= 11 is 0. The van der Waals surface area contributed by atoms with E-state index in [2.05, 4.69) is 9.88 Å². The highest BCUT2D eigenvalue weighted by Crippen LogP contribution is 2.23. The van der Waals surface area contributed by atoms with Crippen molar-refractivity contribution in [3.05, 3.63) is 24.0 Å². The number of amidine groups is 1. The Morgan fingerprint density at radius 2 is 2.53 bits per heavy atom. The van der Waals surface area contributed by atoms with Gasteiger partial charge in [0.05, 0.1) is 6.61 Å². The van der Waals surface area contributed by atoms with Gasteiger partial charge in [-0.15, -0.1) is 0 Å². The van der Waals surface area contributed by atoms with E-state index in [1.807, 2.05) is 12.1 Å². The second kappa shape index (κ2) is 5.14. The maximum Gasteiger partial charge on any atom is 0.141 e. The maximum atomic E-state index is 7.39. The second-order valence-electron chi connectivity index (χ2n) is 4.37. The van der Waals surface area contributed by atoms with Gasteiger partial charge in [0.15, 0.2) is 0 Å². The molecule has 1 aromatic rings. The van der Waals surface area contributed by atoms with Crippen LogP contribution in [0.3, 0.4) is 0 Å². The largest absolute Gasteiger partial charge is 0.384 e. The number of anilines is 1. The van der Waals surface area contributed by atoms with Crippen molar-refractivity contribution in [1.29, 1.82) is 5.41 Å². The van der Waals surface area contributed by atoms with Crippen LogP contribution in [0.15, 0.2) is 18.3 Å². The summed E-state index contributed by atoms with van der Waals surface area (Å²) in [7, 11) is 1.74. The number of ether oxygens (including phenoxy) is 1. The standard InChI is InChI=1S/C12H18N4O/c1-17-8-9-3-5-16(7-9)10-2-4-15-11(6-10)12(13)14/h2,4,6,9H,3,5,7-8H2,1H3,(H3,13,14). The average molecular weight is 234 g/mol. The molecule has 0 saturated carbocycles. The van der Waals surface area contributed by atoms with Crippen molar-refractivity contribution >= 4 is 11.5 Å². The monoisotopic (exact) mass is 234 g/mol. The van der Waals surface area contributed by atoms with Gasteiger partial charge in [0.25, 0.3) is 0 Å². The molecule has 1 saturated heterocycles. The van der Waals surface area contributed by atoms with Crippen LogP contribution in [0.5, 0.6) is 0 Å². The summed E-state index contributed by atoms with van der Waals surface area (Å²) in [5.41, 5.74) is 7.06. The van der Waals surface area contributed by atoms with E-state index in [4.69, 9.17) is 15.9 Å². The van der Waals surface area contributed by atoms with Crippen LogP contribution >= 0.6 is 0 Å². The number of nitrogens with zero attached hydrogens (tertiary/aromatic N) is 2. The molecule has 1 atom stereocenters. The topological polar surface area (TPSA) is 75.2 Å². The van der Waals surface area contributed by atoms with E-state index in [0.717, 1.165) is 31.8 Å². The predicted molar refractivity (Wildman–Crippen MR) is 67.4 cm³/mol. The lowest BCUT2D eigenvalue weighted by atomic mass is 10.1.